The first-order valence-electron chi connectivity index (χ1n) is 12.9. The normalized spacial score (nSPS) is 34.7. The van der Waals surface area contributed by atoms with E-state index in [0.717, 1.165) is 6.42 Å². The third-order valence-electron chi connectivity index (χ3n) is 8.68. The van der Waals surface area contributed by atoms with E-state index in [0.29, 0.717) is 23.8 Å². The Morgan fingerprint density at radius 1 is 1.08 bits per heavy atom. The van der Waals surface area contributed by atoms with Crippen LogP contribution in [-0.4, -0.2) is 80.9 Å². The molecule has 4 aliphatic heterocycles. The van der Waals surface area contributed by atoms with E-state index in [4.69, 9.17) is 11.6 Å². The number of rotatable bonds is 5. The monoisotopic (exact) mass is 543 g/mol. The van der Waals surface area contributed by atoms with E-state index >= 15 is 0 Å². The van der Waals surface area contributed by atoms with Crippen LogP contribution in [0.2, 0.25) is 5.02 Å². The van der Waals surface area contributed by atoms with E-state index in [9.17, 15) is 19.5 Å². The van der Waals surface area contributed by atoms with Gasteiger partial charge in [0, 0.05) is 24.9 Å². The molecule has 9 heteroatoms. The van der Waals surface area contributed by atoms with Crippen LogP contribution in [0.4, 0.5) is 5.69 Å². The van der Waals surface area contributed by atoms with Gasteiger partial charge in [-0.2, -0.15) is 0 Å². The maximum Gasteiger partial charge on any atom is 0.251 e. The van der Waals surface area contributed by atoms with Crippen molar-refractivity contribution in [2.75, 3.05) is 31.6 Å². The summed E-state index contributed by atoms with van der Waals surface area (Å²) < 4.78 is -1.61. The Labute approximate surface area is 227 Å². The van der Waals surface area contributed by atoms with Gasteiger partial charge in [-0.1, -0.05) is 68.3 Å². The predicted molar refractivity (Wildman–Crippen MR) is 146 cm³/mol. The van der Waals surface area contributed by atoms with Crippen LogP contribution in [0.25, 0.3) is 0 Å². The molecule has 2 fully saturated rings. The molecule has 2 saturated heterocycles. The minimum Gasteiger partial charge on any atom is -0.394 e. The van der Waals surface area contributed by atoms with E-state index in [1.807, 2.05) is 57.2 Å². The van der Waals surface area contributed by atoms with Gasteiger partial charge in [-0.15, -0.1) is 11.8 Å². The van der Waals surface area contributed by atoms with Crippen molar-refractivity contribution in [3.63, 3.8) is 0 Å². The number of nitrogens with zero attached hydrogens (tertiary/aromatic N) is 3. The second kappa shape index (κ2) is 9.47. The average Bonchev–Trinajstić information content (AvgIpc) is 3.15. The highest BCUT2D eigenvalue weighted by atomic mass is 35.5. The molecule has 3 amide bonds. The minimum atomic E-state index is -0.956. The van der Waals surface area contributed by atoms with Gasteiger partial charge < -0.3 is 19.8 Å². The summed E-state index contributed by atoms with van der Waals surface area (Å²) in [4.78, 5) is 47.7. The molecule has 1 spiro atoms. The number of amides is 3. The van der Waals surface area contributed by atoms with Crippen LogP contribution >= 0.6 is 23.4 Å². The van der Waals surface area contributed by atoms with Gasteiger partial charge in [0.05, 0.1) is 39.9 Å². The molecule has 37 heavy (non-hydrogen) atoms. The topological polar surface area (TPSA) is 81.2 Å². The fourth-order valence-corrected chi connectivity index (χ4v) is 9.02. The standard InChI is InChI=1S/C28H34ClN3O4S/c1-5-17(2)20(16-33)32-23-26(36)31(19-11-7-6-10-18(19)29)15-9-13-28(23)22(25(32)35)21-24(34)30(4)14-8-12-27(21,3)37-28/h6-13,17,20-23,33H,5,14-16H2,1-4H3/t17-,20-,21+,22-,23?,27-,28-/m0/s1. The Kier molecular flexibility index (Phi) is 6.74. The van der Waals surface area contributed by atoms with Gasteiger partial charge in [0.2, 0.25) is 11.8 Å². The number of benzene rings is 1. The number of hydrogen-bond donors (Lipinski definition) is 1. The van der Waals surface area contributed by atoms with Crippen molar-refractivity contribution in [1.29, 1.82) is 0 Å². The lowest BCUT2D eigenvalue weighted by atomic mass is 9.74. The second-order valence-electron chi connectivity index (χ2n) is 10.8. The predicted octanol–water partition coefficient (Wildman–Crippen LogP) is 3.37. The number of likely N-dealkylation sites (N-methyl/N-ethyl adjacent to an activating group) is 1. The number of likely N-dealkylation sites (tertiary alicyclic amines) is 1. The van der Waals surface area contributed by atoms with Crippen LogP contribution in [-0.2, 0) is 14.4 Å². The second-order valence-corrected chi connectivity index (χ2v) is 13.0. The molecule has 5 rings (SSSR count). The lowest BCUT2D eigenvalue weighted by Gasteiger charge is -2.41. The molecule has 1 aromatic rings. The number of aliphatic hydroxyl groups is 1. The summed E-state index contributed by atoms with van der Waals surface area (Å²) in [5.41, 5.74) is 0.579. The molecule has 0 saturated carbocycles. The lowest BCUT2D eigenvalue weighted by molar-refractivity contribution is -0.145. The highest BCUT2D eigenvalue weighted by Crippen LogP contribution is 2.66. The van der Waals surface area contributed by atoms with Crippen LogP contribution in [0.15, 0.2) is 48.6 Å². The summed E-state index contributed by atoms with van der Waals surface area (Å²) in [7, 11) is 1.76. The molecule has 1 N–H and O–H groups in total. The van der Waals surface area contributed by atoms with Crippen molar-refractivity contribution in [3.05, 3.63) is 53.6 Å². The molecule has 0 aromatic heterocycles. The maximum absolute atomic E-state index is 14.6. The minimum absolute atomic E-state index is 0.0394. The Bertz CT molecular complexity index is 1190. The SMILES string of the molecule is CC[C@H](C)[C@H](CO)N1C(=O)[C@@H]2[C@@H]3C(=O)N(C)CC=C[C@]3(C)S[C@@]23C=CCN(c2ccccc2Cl)C(=O)C13. The Morgan fingerprint density at radius 2 is 1.78 bits per heavy atom. The summed E-state index contributed by atoms with van der Waals surface area (Å²) in [5.74, 6) is -1.96. The van der Waals surface area contributed by atoms with Crippen molar-refractivity contribution < 1.29 is 19.5 Å². The number of carbonyl (C=O) groups excluding carboxylic acids is 3. The number of anilines is 1. The molecule has 7 nitrogen and oxygen atoms in total. The average molecular weight is 544 g/mol. The highest BCUT2D eigenvalue weighted by Gasteiger charge is 2.74. The van der Waals surface area contributed by atoms with E-state index in [1.54, 1.807) is 45.6 Å². The van der Waals surface area contributed by atoms with Gasteiger partial charge in [-0.05, 0) is 25.0 Å². The van der Waals surface area contributed by atoms with Crippen LogP contribution in [0.1, 0.15) is 27.2 Å². The molecule has 7 atom stereocenters. The molecule has 4 heterocycles. The lowest BCUT2D eigenvalue weighted by Crippen LogP contribution is -2.58. The Hall–Kier alpha value is -2.29. The van der Waals surface area contributed by atoms with Crippen molar-refractivity contribution in [3.8, 4) is 0 Å². The Morgan fingerprint density at radius 3 is 2.46 bits per heavy atom. The summed E-state index contributed by atoms with van der Waals surface area (Å²) in [6.45, 7) is 6.52. The number of aliphatic hydroxyl groups excluding tert-OH is 1. The number of para-hydroxylation sites is 1. The molecule has 0 radical (unpaired) electrons. The number of fused-ring (bicyclic) bond motifs is 2. The van der Waals surface area contributed by atoms with Gasteiger partial charge in [-0.25, -0.2) is 0 Å². The fourth-order valence-electron chi connectivity index (χ4n) is 6.64. The zero-order valence-corrected chi connectivity index (χ0v) is 23.2. The smallest absolute Gasteiger partial charge is 0.251 e. The van der Waals surface area contributed by atoms with Gasteiger partial charge in [-0.3, -0.25) is 14.4 Å². The van der Waals surface area contributed by atoms with Gasteiger partial charge in [0.15, 0.2) is 0 Å². The summed E-state index contributed by atoms with van der Waals surface area (Å²) in [6, 6.07) is 5.76. The highest BCUT2D eigenvalue weighted by molar-refractivity contribution is 8.02. The largest absolute Gasteiger partial charge is 0.394 e. The first kappa shape index (κ1) is 26.3. The van der Waals surface area contributed by atoms with Crippen LogP contribution < -0.4 is 4.90 Å². The van der Waals surface area contributed by atoms with Crippen LogP contribution in [0, 0.1) is 17.8 Å². The summed E-state index contributed by atoms with van der Waals surface area (Å²) >= 11 is 8.07. The third-order valence-corrected chi connectivity index (χ3v) is 10.8. The van der Waals surface area contributed by atoms with Crippen molar-refractivity contribution in [1.82, 2.24) is 9.80 Å². The van der Waals surface area contributed by atoms with E-state index in [2.05, 4.69) is 0 Å². The number of halogens is 1. The first-order valence-corrected chi connectivity index (χ1v) is 14.1. The number of carbonyl (C=O) groups is 3. The number of thioether (sulfide) groups is 1. The first-order chi connectivity index (χ1) is 17.6. The van der Waals surface area contributed by atoms with Crippen molar-refractivity contribution in [2.24, 2.45) is 17.8 Å². The van der Waals surface area contributed by atoms with Gasteiger partial charge in [0.1, 0.15) is 6.04 Å². The summed E-state index contributed by atoms with van der Waals surface area (Å²) in [5, 5.41) is 11.0. The van der Waals surface area contributed by atoms with Crippen molar-refractivity contribution >= 4 is 46.8 Å². The maximum atomic E-state index is 14.6. The van der Waals surface area contributed by atoms with Gasteiger partial charge in [0.25, 0.3) is 5.91 Å². The molecule has 0 aliphatic carbocycles. The molecule has 1 aromatic carbocycles. The summed E-state index contributed by atoms with van der Waals surface area (Å²) in [6.07, 6.45) is 8.68. The zero-order chi connectivity index (χ0) is 26.7. The molecule has 0 bridgehead atoms. The molecular formula is C28H34ClN3O4S. The molecule has 198 valence electrons. The number of hydrogen-bond acceptors (Lipinski definition) is 5. The van der Waals surface area contributed by atoms with E-state index in [1.165, 1.54) is 0 Å². The van der Waals surface area contributed by atoms with Crippen molar-refractivity contribution in [2.45, 2.75) is 48.8 Å². The molecule has 1 unspecified atom stereocenters. The van der Waals surface area contributed by atoms with E-state index < -0.39 is 33.4 Å². The van der Waals surface area contributed by atoms with Gasteiger partial charge >= 0.3 is 0 Å². The fraction of sp³-hybridized carbons (Fsp3) is 0.536. The zero-order valence-electron chi connectivity index (χ0n) is 21.6. The van der Waals surface area contributed by atoms with E-state index in [-0.39, 0.29) is 30.2 Å². The van der Waals surface area contributed by atoms with Crippen LogP contribution in [0.5, 0.6) is 0 Å². The quantitative estimate of drug-likeness (QED) is 0.576. The Balaban J connectivity index is 1.71. The molecular weight excluding hydrogens is 510 g/mol. The van der Waals surface area contributed by atoms with Crippen LogP contribution in [0.3, 0.4) is 0 Å². The third kappa shape index (κ3) is 3.78. The molecule has 4 aliphatic rings.